The molecule has 0 bridgehead atoms. The fourth-order valence-electron chi connectivity index (χ4n) is 1.72. The van der Waals surface area contributed by atoms with Crippen LogP contribution in [0.3, 0.4) is 0 Å². The van der Waals surface area contributed by atoms with Gasteiger partial charge in [-0.2, -0.15) is 0 Å². The van der Waals surface area contributed by atoms with E-state index in [9.17, 15) is 18.0 Å². The highest BCUT2D eigenvalue weighted by Crippen LogP contribution is 2.28. The van der Waals surface area contributed by atoms with Gasteiger partial charge in [-0.3, -0.25) is 4.79 Å². The summed E-state index contributed by atoms with van der Waals surface area (Å²) in [5.74, 6) is -0.247. The number of para-hydroxylation sites is 1. The summed E-state index contributed by atoms with van der Waals surface area (Å²) < 4.78 is 40.5. The van der Waals surface area contributed by atoms with Gasteiger partial charge in [0.1, 0.15) is 5.75 Å². The van der Waals surface area contributed by atoms with E-state index in [2.05, 4.69) is 10.1 Å². The van der Waals surface area contributed by atoms with Crippen molar-refractivity contribution >= 4 is 5.78 Å². The van der Waals surface area contributed by atoms with Crippen molar-refractivity contribution in [3.05, 3.63) is 29.8 Å². The first-order valence-corrected chi connectivity index (χ1v) is 6.04. The number of ether oxygens (including phenoxy) is 1. The molecule has 1 aromatic rings. The molecule has 0 radical (unpaired) electrons. The van der Waals surface area contributed by atoms with Gasteiger partial charge in [-0.1, -0.05) is 12.1 Å². The highest BCUT2D eigenvalue weighted by atomic mass is 19.4. The second kappa shape index (κ2) is 5.61. The van der Waals surface area contributed by atoms with Gasteiger partial charge in [0.25, 0.3) is 0 Å². The molecule has 0 unspecified atom stereocenters. The van der Waals surface area contributed by atoms with Crippen LogP contribution in [0.2, 0.25) is 0 Å². The molecule has 1 aliphatic carbocycles. The first kappa shape index (κ1) is 13.9. The molecule has 2 rings (SSSR count). The quantitative estimate of drug-likeness (QED) is 0.810. The minimum atomic E-state index is -4.79. The third-order valence-corrected chi connectivity index (χ3v) is 2.83. The van der Waals surface area contributed by atoms with E-state index in [1.807, 2.05) is 0 Å². The van der Waals surface area contributed by atoms with Crippen LogP contribution >= 0.6 is 0 Å². The van der Waals surface area contributed by atoms with E-state index in [0.717, 1.165) is 25.5 Å². The Balaban J connectivity index is 1.98. The topological polar surface area (TPSA) is 38.3 Å². The Morgan fingerprint density at radius 1 is 1.32 bits per heavy atom. The third-order valence-electron chi connectivity index (χ3n) is 2.83. The summed E-state index contributed by atoms with van der Waals surface area (Å²) in [6, 6.07) is 5.39. The Labute approximate surface area is 108 Å². The van der Waals surface area contributed by atoms with Crippen LogP contribution in [0.4, 0.5) is 13.2 Å². The number of nitrogens with one attached hydrogen (secondary N) is 1. The Hall–Kier alpha value is -1.56. The Morgan fingerprint density at radius 2 is 2.00 bits per heavy atom. The minimum absolute atomic E-state index is 0.0226. The van der Waals surface area contributed by atoms with Crippen LogP contribution < -0.4 is 10.1 Å². The third kappa shape index (κ3) is 4.55. The van der Waals surface area contributed by atoms with Crippen LogP contribution in [0.15, 0.2) is 24.3 Å². The van der Waals surface area contributed by atoms with Crippen molar-refractivity contribution in [2.24, 2.45) is 5.92 Å². The number of rotatable bonds is 6. The molecular weight excluding hydrogens is 259 g/mol. The van der Waals surface area contributed by atoms with E-state index in [4.69, 9.17) is 0 Å². The predicted octanol–water partition coefficient (Wildman–Crippen LogP) is 2.77. The van der Waals surface area contributed by atoms with Crippen molar-refractivity contribution in [3.63, 3.8) is 0 Å². The molecule has 0 aromatic heterocycles. The molecule has 1 aromatic carbocycles. The summed E-state index contributed by atoms with van der Waals surface area (Å²) in [6.45, 7) is 0.753. The summed E-state index contributed by atoms with van der Waals surface area (Å²) in [6.07, 6.45) is -2.50. The fourth-order valence-corrected chi connectivity index (χ4v) is 1.72. The molecule has 0 saturated heterocycles. The monoisotopic (exact) mass is 273 g/mol. The van der Waals surface area contributed by atoms with Gasteiger partial charge in [0.2, 0.25) is 0 Å². The highest BCUT2D eigenvalue weighted by Gasteiger charge is 2.32. The van der Waals surface area contributed by atoms with Crippen molar-refractivity contribution in [1.82, 2.24) is 5.32 Å². The average molecular weight is 273 g/mol. The lowest BCUT2D eigenvalue weighted by molar-refractivity contribution is -0.274. The molecule has 1 saturated carbocycles. The molecule has 6 heteroatoms. The lowest BCUT2D eigenvalue weighted by Crippen LogP contribution is -2.26. The number of halogens is 3. The number of benzene rings is 1. The van der Waals surface area contributed by atoms with Crippen molar-refractivity contribution < 1.29 is 22.7 Å². The van der Waals surface area contributed by atoms with E-state index >= 15 is 0 Å². The van der Waals surface area contributed by atoms with Gasteiger partial charge < -0.3 is 10.1 Å². The number of carbonyl (C=O) groups excluding carboxylic acids is 1. The van der Waals surface area contributed by atoms with E-state index in [0.29, 0.717) is 5.92 Å². The molecule has 0 aliphatic heterocycles. The van der Waals surface area contributed by atoms with Crippen molar-refractivity contribution in [3.8, 4) is 5.75 Å². The smallest absolute Gasteiger partial charge is 0.405 e. The molecular formula is C13H14F3NO2. The van der Waals surface area contributed by atoms with Crippen LogP contribution in [-0.2, 0) is 0 Å². The summed E-state index contributed by atoms with van der Waals surface area (Å²) in [7, 11) is 0. The SMILES string of the molecule is O=C(CNCC1CC1)c1ccccc1OC(F)(F)F. The second-order valence-corrected chi connectivity index (χ2v) is 4.54. The summed E-state index contributed by atoms with van der Waals surface area (Å²) >= 11 is 0. The van der Waals surface area contributed by atoms with Crippen molar-refractivity contribution in [2.75, 3.05) is 13.1 Å². The lowest BCUT2D eigenvalue weighted by atomic mass is 10.1. The number of Topliss-reactive ketones (excluding diaryl/α,β-unsaturated/α-hetero) is 1. The van der Waals surface area contributed by atoms with Crippen LogP contribution in [0.1, 0.15) is 23.2 Å². The average Bonchev–Trinajstić information content (AvgIpc) is 3.11. The number of ketones is 1. The molecule has 1 N–H and O–H groups in total. The van der Waals surface area contributed by atoms with Gasteiger partial charge in [0.15, 0.2) is 5.78 Å². The first-order valence-electron chi connectivity index (χ1n) is 6.04. The molecule has 0 atom stereocenters. The second-order valence-electron chi connectivity index (χ2n) is 4.54. The standard InChI is InChI=1S/C13H14F3NO2/c14-13(15,16)19-12-4-2-1-3-10(12)11(18)8-17-7-9-5-6-9/h1-4,9,17H,5-8H2. The van der Waals surface area contributed by atoms with E-state index in [-0.39, 0.29) is 12.1 Å². The molecule has 0 heterocycles. The van der Waals surface area contributed by atoms with E-state index in [1.165, 1.54) is 18.2 Å². The number of hydrogen-bond donors (Lipinski definition) is 1. The van der Waals surface area contributed by atoms with Crippen LogP contribution in [0.25, 0.3) is 0 Å². The zero-order chi connectivity index (χ0) is 13.9. The van der Waals surface area contributed by atoms with Gasteiger partial charge in [-0.15, -0.1) is 13.2 Å². The Morgan fingerprint density at radius 3 is 2.63 bits per heavy atom. The Bertz CT molecular complexity index is 455. The normalized spacial score (nSPS) is 15.3. The molecule has 3 nitrogen and oxygen atoms in total. The van der Waals surface area contributed by atoms with Gasteiger partial charge in [0, 0.05) is 0 Å². The molecule has 19 heavy (non-hydrogen) atoms. The molecule has 1 aliphatic rings. The number of hydrogen-bond acceptors (Lipinski definition) is 3. The molecule has 0 amide bonds. The van der Waals surface area contributed by atoms with E-state index in [1.54, 1.807) is 0 Å². The molecule has 0 spiro atoms. The highest BCUT2D eigenvalue weighted by molar-refractivity contribution is 6.00. The largest absolute Gasteiger partial charge is 0.573 e. The molecule has 1 fully saturated rings. The van der Waals surface area contributed by atoms with Crippen LogP contribution in [0, 0.1) is 5.92 Å². The zero-order valence-corrected chi connectivity index (χ0v) is 10.2. The van der Waals surface area contributed by atoms with Gasteiger partial charge >= 0.3 is 6.36 Å². The van der Waals surface area contributed by atoms with Crippen LogP contribution in [-0.4, -0.2) is 25.2 Å². The summed E-state index contributed by atoms with van der Waals surface area (Å²) in [5, 5.41) is 2.95. The maximum absolute atomic E-state index is 12.2. The zero-order valence-electron chi connectivity index (χ0n) is 10.2. The summed E-state index contributed by atoms with van der Waals surface area (Å²) in [5.41, 5.74) is -0.0527. The first-order chi connectivity index (χ1) is 8.96. The summed E-state index contributed by atoms with van der Waals surface area (Å²) in [4.78, 5) is 11.8. The van der Waals surface area contributed by atoms with Gasteiger partial charge in [-0.25, -0.2) is 0 Å². The predicted molar refractivity (Wildman–Crippen MR) is 63.0 cm³/mol. The Kier molecular flexibility index (Phi) is 4.09. The van der Waals surface area contributed by atoms with Gasteiger partial charge in [0.05, 0.1) is 12.1 Å². The molecule has 104 valence electrons. The van der Waals surface area contributed by atoms with Crippen molar-refractivity contribution in [2.45, 2.75) is 19.2 Å². The van der Waals surface area contributed by atoms with E-state index < -0.39 is 17.9 Å². The minimum Gasteiger partial charge on any atom is -0.405 e. The lowest BCUT2D eigenvalue weighted by Gasteiger charge is -2.12. The number of carbonyl (C=O) groups is 1. The fraction of sp³-hybridized carbons (Fsp3) is 0.462. The number of alkyl halides is 3. The van der Waals surface area contributed by atoms with Gasteiger partial charge in [-0.05, 0) is 37.4 Å². The maximum Gasteiger partial charge on any atom is 0.573 e. The maximum atomic E-state index is 12.2. The van der Waals surface area contributed by atoms with Crippen LogP contribution in [0.5, 0.6) is 5.75 Å². The van der Waals surface area contributed by atoms with Crippen molar-refractivity contribution in [1.29, 1.82) is 0 Å².